The highest BCUT2D eigenvalue weighted by Crippen LogP contribution is 2.29. The molecule has 6 heteroatoms. The average Bonchev–Trinajstić information content (AvgIpc) is 3.01. The van der Waals surface area contributed by atoms with Crippen molar-refractivity contribution in [3.63, 3.8) is 0 Å². The topological polar surface area (TPSA) is 77.7 Å². The molecule has 2 rings (SSSR count). The zero-order valence-electron chi connectivity index (χ0n) is 9.17. The van der Waals surface area contributed by atoms with Crippen LogP contribution in [0.1, 0.15) is 13.8 Å². The highest BCUT2D eigenvalue weighted by atomic mass is 16.7. The molecule has 0 aromatic rings. The Morgan fingerprint density at radius 2 is 1.31 bits per heavy atom. The van der Waals surface area contributed by atoms with Crippen molar-refractivity contribution in [1.29, 1.82) is 0 Å². The van der Waals surface area contributed by atoms with E-state index in [-0.39, 0.29) is 12.2 Å². The molecule has 0 aliphatic carbocycles. The summed E-state index contributed by atoms with van der Waals surface area (Å²) in [6.45, 7) is 3.66. The van der Waals surface area contributed by atoms with Gasteiger partial charge in [-0.2, -0.15) is 0 Å². The molecular weight excluding hydrogens is 216 g/mol. The number of carbonyl (C=O) groups is 2. The number of esters is 2. The largest absolute Gasteiger partial charge is 0.456 e. The molecule has 0 amide bonds. The molecule has 0 bridgehead atoms. The number of carbonyl (C=O) groups excluding carboxylic acids is 2. The molecule has 0 N–H and O–H groups in total. The van der Waals surface area contributed by atoms with E-state index in [1.165, 1.54) is 13.8 Å². The molecule has 0 radical (unpaired) electrons. The van der Waals surface area contributed by atoms with Gasteiger partial charge >= 0.3 is 11.9 Å². The molecule has 2 saturated heterocycles. The van der Waals surface area contributed by atoms with E-state index in [0.29, 0.717) is 13.2 Å². The van der Waals surface area contributed by atoms with Gasteiger partial charge in [0.05, 0.1) is 13.2 Å². The fourth-order valence-electron chi connectivity index (χ4n) is 1.58. The Morgan fingerprint density at radius 3 is 1.50 bits per heavy atom. The Kier molecular flexibility index (Phi) is 3.11. The Hall–Kier alpha value is -1.14. The first-order valence-electron chi connectivity index (χ1n) is 5.15. The second-order valence-electron chi connectivity index (χ2n) is 3.89. The van der Waals surface area contributed by atoms with Gasteiger partial charge in [-0.25, -0.2) is 0 Å². The van der Waals surface area contributed by atoms with Crippen LogP contribution < -0.4 is 0 Å². The molecule has 0 saturated carbocycles. The first kappa shape index (κ1) is 11.3. The summed E-state index contributed by atoms with van der Waals surface area (Å²) in [5.41, 5.74) is 0. The number of rotatable bonds is 5. The summed E-state index contributed by atoms with van der Waals surface area (Å²) in [6.07, 6.45) is -1.49. The van der Waals surface area contributed by atoms with Crippen LogP contribution in [0, 0.1) is 0 Å². The molecular formula is C10H14O6. The molecule has 4 atom stereocenters. The number of epoxide rings is 2. The second kappa shape index (κ2) is 4.39. The van der Waals surface area contributed by atoms with E-state index in [0.717, 1.165) is 0 Å². The van der Waals surface area contributed by atoms with E-state index in [4.69, 9.17) is 18.9 Å². The van der Waals surface area contributed by atoms with Gasteiger partial charge in [0.25, 0.3) is 0 Å². The summed E-state index contributed by atoms with van der Waals surface area (Å²) in [5, 5.41) is 0. The van der Waals surface area contributed by atoms with E-state index < -0.39 is 24.1 Å². The molecule has 0 aromatic carbocycles. The lowest BCUT2D eigenvalue weighted by molar-refractivity contribution is -0.168. The fourth-order valence-corrected chi connectivity index (χ4v) is 1.58. The van der Waals surface area contributed by atoms with Gasteiger partial charge in [-0.15, -0.1) is 0 Å². The quantitative estimate of drug-likeness (QED) is 0.474. The van der Waals surface area contributed by atoms with Gasteiger partial charge in [0.15, 0.2) is 12.2 Å². The van der Waals surface area contributed by atoms with Crippen molar-refractivity contribution in [2.45, 2.75) is 38.3 Å². The molecule has 2 heterocycles. The molecule has 0 spiro atoms. The molecule has 2 fully saturated rings. The molecule has 2 aliphatic heterocycles. The second-order valence-corrected chi connectivity index (χ2v) is 3.89. The van der Waals surface area contributed by atoms with Crippen molar-refractivity contribution in [2.75, 3.05) is 13.2 Å². The summed E-state index contributed by atoms with van der Waals surface area (Å²) in [6, 6.07) is 0. The van der Waals surface area contributed by atoms with Crippen LogP contribution in [-0.4, -0.2) is 49.6 Å². The summed E-state index contributed by atoms with van der Waals surface area (Å²) >= 11 is 0. The zero-order valence-corrected chi connectivity index (χ0v) is 9.17. The lowest BCUT2D eigenvalue weighted by atomic mass is 10.1. The monoisotopic (exact) mass is 230 g/mol. The van der Waals surface area contributed by atoms with E-state index >= 15 is 0 Å². The molecule has 90 valence electrons. The van der Waals surface area contributed by atoms with Gasteiger partial charge in [0.1, 0.15) is 12.2 Å². The van der Waals surface area contributed by atoms with Gasteiger partial charge < -0.3 is 18.9 Å². The molecule has 6 nitrogen and oxygen atoms in total. The maximum absolute atomic E-state index is 11.0. The third-order valence-electron chi connectivity index (χ3n) is 2.38. The lowest BCUT2D eigenvalue weighted by Crippen LogP contribution is -2.42. The molecule has 0 aromatic heterocycles. The van der Waals surface area contributed by atoms with Gasteiger partial charge in [-0.1, -0.05) is 0 Å². The fraction of sp³-hybridized carbons (Fsp3) is 0.800. The number of hydrogen-bond donors (Lipinski definition) is 0. The molecule has 2 aliphatic rings. The lowest BCUT2D eigenvalue weighted by Gasteiger charge is -2.23. The third-order valence-corrected chi connectivity index (χ3v) is 2.38. The minimum Gasteiger partial charge on any atom is -0.456 e. The van der Waals surface area contributed by atoms with Crippen molar-refractivity contribution >= 4 is 11.9 Å². The smallest absolute Gasteiger partial charge is 0.303 e. The van der Waals surface area contributed by atoms with E-state index in [1.54, 1.807) is 0 Å². The van der Waals surface area contributed by atoms with Gasteiger partial charge in [-0.3, -0.25) is 9.59 Å². The van der Waals surface area contributed by atoms with Crippen LogP contribution in [0.2, 0.25) is 0 Å². The highest BCUT2D eigenvalue weighted by Gasteiger charge is 2.49. The first-order chi connectivity index (χ1) is 7.58. The maximum Gasteiger partial charge on any atom is 0.303 e. The van der Waals surface area contributed by atoms with Crippen LogP contribution in [0.15, 0.2) is 0 Å². The van der Waals surface area contributed by atoms with Crippen molar-refractivity contribution in [2.24, 2.45) is 0 Å². The standard InChI is InChI=1S/C10H14O6/c1-5(11)15-9(7-3-13-7)10(8-4-14-8)16-6(2)12/h7-10H,3-4H2,1-2H3/t7-,8+,9-,10-/m1/s1. The van der Waals surface area contributed by atoms with Crippen molar-refractivity contribution in [3.05, 3.63) is 0 Å². The summed E-state index contributed by atoms with van der Waals surface area (Å²) in [5.74, 6) is -0.836. The minimum absolute atomic E-state index is 0.183. The van der Waals surface area contributed by atoms with E-state index in [1.807, 2.05) is 0 Å². The van der Waals surface area contributed by atoms with E-state index in [9.17, 15) is 9.59 Å². The third kappa shape index (κ3) is 2.93. The Labute approximate surface area is 92.8 Å². The predicted octanol–water partition coefficient (Wildman–Crippen LogP) is -0.353. The summed E-state index contributed by atoms with van der Waals surface area (Å²) in [7, 11) is 0. The van der Waals surface area contributed by atoms with Crippen LogP contribution in [0.3, 0.4) is 0 Å². The van der Waals surface area contributed by atoms with Crippen LogP contribution in [0.25, 0.3) is 0 Å². The average molecular weight is 230 g/mol. The van der Waals surface area contributed by atoms with Gasteiger partial charge in [-0.05, 0) is 0 Å². The Balaban J connectivity index is 2.01. The minimum atomic E-state index is -0.561. The predicted molar refractivity (Wildman–Crippen MR) is 50.6 cm³/mol. The normalized spacial score (nSPS) is 30.1. The summed E-state index contributed by atoms with van der Waals surface area (Å²) < 4.78 is 20.4. The zero-order chi connectivity index (χ0) is 11.7. The SMILES string of the molecule is CC(=O)O[C@@H]([C@H](OC(C)=O)[C@H]1CO1)[C@@H]1CO1. The van der Waals surface area contributed by atoms with Crippen molar-refractivity contribution in [3.8, 4) is 0 Å². The molecule has 0 unspecified atom stereocenters. The maximum atomic E-state index is 11.0. The first-order valence-corrected chi connectivity index (χ1v) is 5.15. The van der Waals surface area contributed by atoms with Crippen LogP contribution in [0.5, 0.6) is 0 Å². The van der Waals surface area contributed by atoms with Crippen LogP contribution >= 0.6 is 0 Å². The van der Waals surface area contributed by atoms with Crippen LogP contribution in [0.4, 0.5) is 0 Å². The summed E-state index contributed by atoms with van der Waals surface area (Å²) in [4.78, 5) is 21.9. The Bertz CT molecular complexity index is 264. The molecule has 16 heavy (non-hydrogen) atoms. The van der Waals surface area contributed by atoms with Crippen LogP contribution in [-0.2, 0) is 28.5 Å². The number of ether oxygens (including phenoxy) is 4. The van der Waals surface area contributed by atoms with Gasteiger partial charge in [0.2, 0.25) is 0 Å². The number of hydrogen-bond acceptors (Lipinski definition) is 6. The van der Waals surface area contributed by atoms with E-state index in [2.05, 4.69) is 0 Å². The van der Waals surface area contributed by atoms with Crippen molar-refractivity contribution in [1.82, 2.24) is 0 Å². The van der Waals surface area contributed by atoms with Crippen molar-refractivity contribution < 1.29 is 28.5 Å². The highest BCUT2D eigenvalue weighted by molar-refractivity contribution is 5.67. The Morgan fingerprint density at radius 1 is 1.00 bits per heavy atom. The van der Waals surface area contributed by atoms with Gasteiger partial charge in [0, 0.05) is 13.8 Å².